The fourth-order valence-corrected chi connectivity index (χ4v) is 3.00. The van der Waals surface area contributed by atoms with E-state index >= 15 is 0 Å². The largest absolute Gasteiger partial charge is 0.369 e. The molecule has 2 N–H and O–H groups in total. The van der Waals surface area contributed by atoms with Crippen LogP contribution >= 0.6 is 0 Å². The number of epoxide rings is 1. The molecule has 3 fully saturated rings. The molecule has 0 amide bonds. The van der Waals surface area contributed by atoms with E-state index in [0.717, 1.165) is 24.3 Å². The van der Waals surface area contributed by atoms with Crippen LogP contribution in [0.2, 0.25) is 0 Å². The zero-order valence-corrected chi connectivity index (χ0v) is 5.99. The van der Waals surface area contributed by atoms with E-state index < -0.39 is 0 Å². The summed E-state index contributed by atoms with van der Waals surface area (Å²) in [5, 5.41) is 0. The minimum atomic E-state index is 0.646. The number of hydrogen-bond acceptors (Lipinski definition) is 2. The van der Waals surface area contributed by atoms with E-state index in [4.69, 9.17) is 10.5 Å². The maximum Gasteiger partial charge on any atom is 0.0876 e. The van der Waals surface area contributed by atoms with Crippen LogP contribution < -0.4 is 5.73 Å². The summed E-state index contributed by atoms with van der Waals surface area (Å²) in [4.78, 5) is 0. The van der Waals surface area contributed by atoms with E-state index in [0.29, 0.717) is 12.2 Å². The molecule has 56 valence electrons. The highest BCUT2D eigenvalue weighted by atomic mass is 16.6. The van der Waals surface area contributed by atoms with E-state index in [1.165, 1.54) is 12.8 Å². The van der Waals surface area contributed by atoms with E-state index in [1.54, 1.807) is 0 Å². The van der Waals surface area contributed by atoms with Crippen molar-refractivity contribution in [1.82, 2.24) is 0 Å². The third-order valence-corrected chi connectivity index (χ3v) is 3.54. The molecule has 0 aromatic carbocycles. The van der Waals surface area contributed by atoms with Gasteiger partial charge in [0.2, 0.25) is 0 Å². The van der Waals surface area contributed by atoms with Gasteiger partial charge in [0.15, 0.2) is 0 Å². The van der Waals surface area contributed by atoms with Gasteiger partial charge in [0.1, 0.15) is 0 Å². The van der Waals surface area contributed by atoms with Crippen LogP contribution in [0.25, 0.3) is 0 Å². The Hall–Kier alpha value is -0.0800. The van der Waals surface area contributed by atoms with Crippen molar-refractivity contribution in [2.24, 2.45) is 23.5 Å². The summed E-state index contributed by atoms with van der Waals surface area (Å²) in [6.45, 7) is 0.883. The van der Waals surface area contributed by atoms with Gasteiger partial charge in [-0.3, -0.25) is 0 Å². The molecule has 0 aromatic heterocycles. The van der Waals surface area contributed by atoms with Crippen molar-refractivity contribution in [3.8, 4) is 0 Å². The molecule has 1 saturated heterocycles. The van der Waals surface area contributed by atoms with E-state index in [9.17, 15) is 0 Å². The maximum atomic E-state index is 5.65. The van der Waals surface area contributed by atoms with Gasteiger partial charge < -0.3 is 10.5 Å². The van der Waals surface area contributed by atoms with Gasteiger partial charge in [-0.1, -0.05) is 0 Å². The van der Waals surface area contributed by atoms with Gasteiger partial charge in [-0.15, -0.1) is 0 Å². The number of nitrogens with two attached hydrogens (primary N) is 1. The van der Waals surface area contributed by atoms with Gasteiger partial charge in [0.05, 0.1) is 12.2 Å². The van der Waals surface area contributed by atoms with Crippen LogP contribution in [0.5, 0.6) is 0 Å². The summed E-state index contributed by atoms with van der Waals surface area (Å²) in [7, 11) is 0. The Bertz CT molecular complexity index is 171. The summed E-state index contributed by atoms with van der Waals surface area (Å²) in [6, 6.07) is 0. The first-order chi connectivity index (χ1) is 4.90. The molecule has 5 atom stereocenters. The highest BCUT2D eigenvalue weighted by Crippen LogP contribution is 2.58. The van der Waals surface area contributed by atoms with Gasteiger partial charge in [0.25, 0.3) is 0 Å². The first-order valence-electron chi connectivity index (χ1n) is 4.25. The van der Waals surface area contributed by atoms with Crippen molar-refractivity contribution in [3.63, 3.8) is 0 Å². The molecule has 3 rings (SSSR count). The molecule has 2 saturated carbocycles. The van der Waals surface area contributed by atoms with E-state index in [1.807, 2.05) is 0 Å². The normalized spacial score (nSPS) is 62.7. The Morgan fingerprint density at radius 1 is 1.30 bits per heavy atom. The molecule has 1 heterocycles. The molecular weight excluding hydrogens is 126 g/mol. The summed E-state index contributed by atoms with van der Waals surface area (Å²) in [5.74, 6) is 2.54. The first-order valence-corrected chi connectivity index (χ1v) is 4.25. The molecular formula is C8H13NO. The smallest absolute Gasteiger partial charge is 0.0876 e. The number of hydrogen-bond donors (Lipinski definition) is 1. The van der Waals surface area contributed by atoms with E-state index in [-0.39, 0.29) is 0 Å². The van der Waals surface area contributed by atoms with Gasteiger partial charge in [-0.25, -0.2) is 0 Å². The second kappa shape index (κ2) is 1.56. The van der Waals surface area contributed by atoms with Gasteiger partial charge in [0, 0.05) is 0 Å². The highest BCUT2D eigenvalue weighted by Gasteiger charge is 2.62. The standard InChI is InChI=1S/C8H13NO/c9-3-5-1-4-2-6(5)8-7(4)10-8/h4-8H,1-3,9H2/t4-,5-,6+,7+,8-/m0/s1. The molecule has 2 aliphatic carbocycles. The summed E-state index contributed by atoms with van der Waals surface area (Å²) >= 11 is 0. The lowest BCUT2D eigenvalue weighted by molar-refractivity contribution is 0.252. The Kier molecular flexibility index (Phi) is 0.868. The number of rotatable bonds is 1. The SMILES string of the molecule is NC[C@@H]1C[C@H]2C[C@H]1[C@@H]1O[C@H]21. The van der Waals surface area contributed by atoms with Crippen molar-refractivity contribution in [1.29, 1.82) is 0 Å². The summed E-state index contributed by atoms with van der Waals surface area (Å²) in [5.41, 5.74) is 5.65. The zero-order valence-electron chi connectivity index (χ0n) is 5.99. The minimum Gasteiger partial charge on any atom is -0.369 e. The molecule has 10 heavy (non-hydrogen) atoms. The zero-order chi connectivity index (χ0) is 6.72. The molecule has 0 aromatic rings. The highest BCUT2D eigenvalue weighted by molar-refractivity contribution is 5.10. The van der Waals surface area contributed by atoms with Crippen molar-refractivity contribution < 1.29 is 4.74 Å². The third kappa shape index (κ3) is 0.487. The minimum absolute atomic E-state index is 0.646. The number of fused-ring (bicyclic) bond motifs is 5. The quantitative estimate of drug-likeness (QED) is 0.533. The molecule has 2 bridgehead atoms. The molecule has 0 unspecified atom stereocenters. The monoisotopic (exact) mass is 139 g/mol. The third-order valence-electron chi connectivity index (χ3n) is 3.54. The Morgan fingerprint density at radius 2 is 2.20 bits per heavy atom. The lowest BCUT2D eigenvalue weighted by Gasteiger charge is -2.15. The Morgan fingerprint density at radius 3 is 2.80 bits per heavy atom. The van der Waals surface area contributed by atoms with Crippen LogP contribution in [-0.2, 0) is 4.74 Å². The molecule has 2 heteroatoms. The van der Waals surface area contributed by atoms with Gasteiger partial charge in [-0.2, -0.15) is 0 Å². The van der Waals surface area contributed by atoms with Crippen molar-refractivity contribution >= 4 is 0 Å². The summed E-state index contributed by atoms with van der Waals surface area (Å²) < 4.78 is 5.52. The topological polar surface area (TPSA) is 38.5 Å². The Balaban J connectivity index is 1.85. The van der Waals surface area contributed by atoms with Crippen LogP contribution in [0.1, 0.15) is 12.8 Å². The Labute approximate surface area is 60.7 Å². The average Bonchev–Trinajstić information content (AvgIpc) is 2.58. The van der Waals surface area contributed by atoms with Crippen molar-refractivity contribution in [2.45, 2.75) is 25.0 Å². The average molecular weight is 139 g/mol. The van der Waals surface area contributed by atoms with Crippen LogP contribution in [-0.4, -0.2) is 18.8 Å². The van der Waals surface area contributed by atoms with Crippen LogP contribution in [0.3, 0.4) is 0 Å². The van der Waals surface area contributed by atoms with E-state index in [2.05, 4.69) is 0 Å². The lowest BCUT2D eigenvalue weighted by Crippen LogP contribution is -2.24. The van der Waals surface area contributed by atoms with Gasteiger partial charge >= 0.3 is 0 Å². The first kappa shape index (κ1) is 5.56. The number of ether oxygens (including phenoxy) is 1. The van der Waals surface area contributed by atoms with Gasteiger partial charge in [-0.05, 0) is 37.1 Å². The molecule has 1 aliphatic heterocycles. The predicted octanol–water partition coefficient (Wildman–Crippen LogP) is 0.369. The molecule has 0 spiro atoms. The fourth-order valence-electron chi connectivity index (χ4n) is 3.00. The molecule has 3 aliphatic rings. The predicted molar refractivity (Wildman–Crippen MR) is 37.4 cm³/mol. The second-order valence-corrected chi connectivity index (χ2v) is 3.96. The fraction of sp³-hybridized carbons (Fsp3) is 1.00. The second-order valence-electron chi connectivity index (χ2n) is 3.96. The van der Waals surface area contributed by atoms with Crippen molar-refractivity contribution in [3.05, 3.63) is 0 Å². The van der Waals surface area contributed by atoms with Crippen LogP contribution in [0.4, 0.5) is 0 Å². The molecule has 0 radical (unpaired) electrons. The van der Waals surface area contributed by atoms with Crippen LogP contribution in [0, 0.1) is 17.8 Å². The lowest BCUT2D eigenvalue weighted by atomic mass is 9.89. The van der Waals surface area contributed by atoms with Crippen LogP contribution in [0.15, 0.2) is 0 Å². The maximum absolute atomic E-state index is 5.65. The summed E-state index contributed by atoms with van der Waals surface area (Å²) in [6.07, 6.45) is 4.08. The molecule has 2 nitrogen and oxygen atoms in total. The van der Waals surface area contributed by atoms with Crippen molar-refractivity contribution in [2.75, 3.05) is 6.54 Å².